The van der Waals surface area contributed by atoms with Crippen LogP contribution in [0, 0.1) is 0 Å². The number of carbonyl (C=O) groups is 2. The second-order valence-electron chi connectivity index (χ2n) is 26.9. The van der Waals surface area contributed by atoms with Crippen LogP contribution in [0.2, 0.25) is 0 Å². The van der Waals surface area contributed by atoms with Gasteiger partial charge in [-0.3, -0.25) is 0 Å². The van der Waals surface area contributed by atoms with Crippen molar-refractivity contribution in [2.24, 2.45) is 0 Å². The zero-order valence-corrected chi connectivity index (χ0v) is 61.7. The lowest BCUT2D eigenvalue weighted by molar-refractivity contribution is 0.0515. The summed E-state index contributed by atoms with van der Waals surface area (Å²) in [6, 6.07) is 24.5. The van der Waals surface area contributed by atoms with Gasteiger partial charge < -0.3 is 78.8 Å². The molecule has 2 saturated heterocycles. The summed E-state index contributed by atoms with van der Waals surface area (Å²) >= 11 is 3.66. The summed E-state index contributed by atoms with van der Waals surface area (Å²) in [7, 11) is 11.0. The highest BCUT2D eigenvalue weighted by Crippen LogP contribution is 2.37. The molecule has 0 aliphatic carbocycles. The van der Waals surface area contributed by atoms with E-state index in [1.54, 1.807) is 28.4 Å². The molecule has 2 aliphatic rings. The summed E-state index contributed by atoms with van der Waals surface area (Å²) in [6.07, 6.45) is 8.66. The van der Waals surface area contributed by atoms with Crippen LogP contribution in [-0.2, 0) is 48.5 Å². The van der Waals surface area contributed by atoms with Crippen molar-refractivity contribution < 1.29 is 38.0 Å². The quantitative estimate of drug-likeness (QED) is 0.0302. The number of benzene rings is 4. The Bertz CT molecular complexity index is 3850. The van der Waals surface area contributed by atoms with Crippen molar-refractivity contribution in [2.75, 3.05) is 124 Å². The first-order chi connectivity index (χ1) is 46.6. The largest absolute Gasteiger partial charge is 0.497 e. The summed E-state index contributed by atoms with van der Waals surface area (Å²) in [5.41, 5.74) is 7.90. The SMILES string of the molecule is CCCCc1nc2c(NCc3ccc(OC)cc3OC)nc3ccc(Br)cc3c2n1CCCCNC(=O)OC(C)(C)C.CCCCc1nc2c(NCc3ccc(OC)cc3OC)nc3ccc(N4CCN(C)CC4)cc3c2n1CCCCNC(=O)OC(C)(C)C.CN1CCNCC1. The van der Waals surface area contributed by atoms with E-state index in [2.05, 4.69) is 119 Å². The van der Waals surface area contributed by atoms with Crippen LogP contribution in [0.1, 0.15) is 130 Å². The van der Waals surface area contributed by atoms with Crippen molar-refractivity contribution in [3.05, 3.63) is 100 Å². The summed E-state index contributed by atoms with van der Waals surface area (Å²) in [4.78, 5) is 52.1. The van der Waals surface area contributed by atoms with Crippen LogP contribution in [-0.4, -0.2) is 170 Å². The van der Waals surface area contributed by atoms with Crippen molar-refractivity contribution in [1.29, 1.82) is 0 Å². The summed E-state index contributed by atoms with van der Waals surface area (Å²) < 4.78 is 38.6. The minimum atomic E-state index is -0.518. The van der Waals surface area contributed by atoms with Crippen molar-refractivity contribution in [3.8, 4) is 23.0 Å². The van der Waals surface area contributed by atoms with Gasteiger partial charge in [-0.1, -0.05) is 42.6 Å². The molecule has 10 rings (SSSR count). The summed E-state index contributed by atoms with van der Waals surface area (Å²) in [5, 5.41) is 18.4. The molecule has 0 bridgehead atoms. The molecule has 4 aromatic heterocycles. The van der Waals surface area contributed by atoms with E-state index in [0.29, 0.717) is 26.2 Å². The zero-order valence-electron chi connectivity index (χ0n) is 60.1. The molecular weight excluding hydrogens is 1290 g/mol. The number of unbranched alkanes of at least 4 members (excludes halogenated alkanes) is 4. The summed E-state index contributed by atoms with van der Waals surface area (Å²) in [6.45, 7) is 28.1. The highest BCUT2D eigenvalue weighted by atomic mass is 79.9. The van der Waals surface area contributed by atoms with Gasteiger partial charge in [-0.05, 0) is 155 Å². The average Bonchev–Trinajstić information content (AvgIpc) is 1.63. The van der Waals surface area contributed by atoms with E-state index in [1.807, 2.05) is 90.1 Å². The Hall–Kier alpha value is -7.86. The molecule has 6 heterocycles. The molecule has 2 amide bonds. The zero-order chi connectivity index (χ0) is 69.7. The number of rotatable bonds is 27. The topological polar surface area (TPSA) is 221 Å². The number of imidazole rings is 2. The molecule has 22 nitrogen and oxygen atoms in total. The van der Waals surface area contributed by atoms with Gasteiger partial charge in [0.05, 0.1) is 50.5 Å². The number of nitrogens with zero attached hydrogens (tertiary/aromatic N) is 9. The Kier molecular flexibility index (Phi) is 27.9. The van der Waals surface area contributed by atoms with E-state index in [-0.39, 0.29) is 12.2 Å². The number of piperazine rings is 2. The fraction of sp³-hybridized carbons (Fsp3) is 0.541. The number of anilines is 3. The van der Waals surface area contributed by atoms with Crippen molar-refractivity contribution in [3.63, 3.8) is 0 Å². The molecule has 97 heavy (non-hydrogen) atoms. The number of carbonyl (C=O) groups excluding carboxylic acids is 2. The fourth-order valence-electron chi connectivity index (χ4n) is 11.8. The van der Waals surface area contributed by atoms with Crippen LogP contribution in [0.15, 0.2) is 77.3 Å². The highest BCUT2D eigenvalue weighted by molar-refractivity contribution is 9.10. The molecule has 0 radical (unpaired) electrons. The normalized spacial score (nSPS) is 13.8. The van der Waals surface area contributed by atoms with Gasteiger partial charge in [0.25, 0.3) is 0 Å². The number of likely N-dealkylation sites (N-methyl/N-ethyl adjacent to an activating group) is 2. The van der Waals surface area contributed by atoms with Gasteiger partial charge in [-0.2, -0.15) is 0 Å². The maximum Gasteiger partial charge on any atom is 0.407 e. The van der Waals surface area contributed by atoms with Gasteiger partial charge in [0.1, 0.15) is 56.9 Å². The van der Waals surface area contributed by atoms with Crippen LogP contribution in [0.3, 0.4) is 0 Å². The maximum atomic E-state index is 12.2. The van der Waals surface area contributed by atoms with Crippen LogP contribution in [0.4, 0.5) is 26.9 Å². The molecule has 2 aliphatic heterocycles. The highest BCUT2D eigenvalue weighted by Gasteiger charge is 2.24. The first-order valence-corrected chi connectivity index (χ1v) is 35.4. The number of fused-ring (bicyclic) bond motifs is 6. The van der Waals surface area contributed by atoms with Crippen molar-refractivity contribution in [1.82, 2.24) is 54.8 Å². The molecule has 0 saturated carbocycles. The number of pyridine rings is 2. The van der Waals surface area contributed by atoms with E-state index < -0.39 is 11.2 Å². The van der Waals surface area contributed by atoms with Gasteiger partial charge in [0, 0.05) is 149 Å². The Morgan fingerprint density at radius 2 is 0.990 bits per heavy atom. The summed E-state index contributed by atoms with van der Waals surface area (Å²) in [5.74, 6) is 6.60. The lowest BCUT2D eigenvalue weighted by Gasteiger charge is -2.34. The second kappa shape index (κ2) is 36.1. The van der Waals surface area contributed by atoms with Crippen molar-refractivity contribution >= 4 is 89.3 Å². The third-order valence-corrected chi connectivity index (χ3v) is 17.5. The molecule has 528 valence electrons. The van der Waals surface area contributed by atoms with Crippen molar-refractivity contribution in [2.45, 2.75) is 157 Å². The van der Waals surface area contributed by atoms with Gasteiger partial charge in [-0.15, -0.1) is 0 Å². The Morgan fingerprint density at radius 1 is 0.536 bits per heavy atom. The number of aryl methyl sites for hydroxylation is 4. The van der Waals surface area contributed by atoms with E-state index in [0.717, 1.165) is 222 Å². The Labute approximate surface area is 582 Å². The first kappa shape index (κ1) is 74.9. The minimum Gasteiger partial charge on any atom is -0.497 e. The number of halogens is 1. The molecule has 8 aromatic rings. The molecule has 0 unspecified atom stereocenters. The molecule has 0 spiro atoms. The van der Waals surface area contributed by atoms with Gasteiger partial charge in [0.15, 0.2) is 11.6 Å². The standard InChI is InChI=1S/C37H53N7O4.C32H42BrN5O4.C5H12N2/c1-8-9-12-32-41-33-34(44(32)18-11-10-17-38-36(45)48-37(2,3)4)29-23-27(43-21-19-42(5)20-22-43)14-16-30(29)40-35(33)39-25-26-13-15-28(46-6)24-31(26)47-7;1-7-8-11-27-37-28-29(38(27)17-10-9-16-34-31(39)42-32(2,3)4)24-18-22(33)13-15-25(24)36-30(28)35-20-21-12-14-23(40-5)19-26(21)41-6;1-7-4-2-6-3-5-7/h13-16,23-24H,8-12,17-22,25H2,1-7H3,(H,38,45)(H,39,40);12-15,18-19H,7-11,16-17,20H2,1-6H3,(H,34,39)(H,35,36);6H,2-5H2,1H3. The number of amides is 2. The molecule has 23 heteroatoms. The van der Waals surface area contributed by atoms with Crippen LogP contribution in [0.5, 0.6) is 23.0 Å². The third-order valence-electron chi connectivity index (χ3n) is 17.0. The minimum absolute atomic E-state index is 0.378. The predicted molar refractivity (Wildman–Crippen MR) is 396 cm³/mol. The Morgan fingerprint density at radius 3 is 1.41 bits per heavy atom. The number of hydrogen-bond donors (Lipinski definition) is 5. The predicted octanol–water partition coefficient (Wildman–Crippen LogP) is 13.8. The van der Waals surface area contributed by atoms with E-state index in [1.165, 1.54) is 18.8 Å². The lowest BCUT2D eigenvalue weighted by atomic mass is 10.1. The van der Waals surface area contributed by atoms with E-state index in [4.69, 9.17) is 48.4 Å². The second-order valence-corrected chi connectivity index (χ2v) is 27.8. The molecule has 4 aromatic carbocycles. The van der Waals surface area contributed by atoms with Gasteiger partial charge >= 0.3 is 12.2 Å². The van der Waals surface area contributed by atoms with Crippen LogP contribution in [0.25, 0.3) is 43.9 Å². The van der Waals surface area contributed by atoms with Gasteiger partial charge in [-0.25, -0.2) is 29.5 Å². The number of aromatic nitrogens is 6. The monoisotopic (exact) mass is 1400 g/mol. The third kappa shape index (κ3) is 21.6. The van der Waals surface area contributed by atoms with E-state index >= 15 is 0 Å². The number of methoxy groups -OCH3 is 4. The number of nitrogens with one attached hydrogen (secondary N) is 5. The molecular formula is C74H107BrN14O8. The maximum absolute atomic E-state index is 12.2. The smallest absolute Gasteiger partial charge is 0.407 e. The molecule has 5 N–H and O–H groups in total. The van der Waals surface area contributed by atoms with E-state index in [9.17, 15) is 9.59 Å². The molecule has 2 fully saturated rings. The number of hydrogen-bond acceptors (Lipinski definition) is 18. The van der Waals surface area contributed by atoms with Crippen LogP contribution >= 0.6 is 15.9 Å². The molecule has 0 atom stereocenters. The lowest BCUT2D eigenvalue weighted by Crippen LogP contribution is -2.44. The fourth-order valence-corrected chi connectivity index (χ4v) is 12.2. The van der Waals surface area contributed by atoms with Crippen LogP contribution < -0.4 is 50.4 Å². The number of ether oxygens (including phenoxy) is 6. The Balaban J connectivity index is 0.000000226. The number of alkyl carbamates (subject to hydrolysis) is 2. The average molecular weight is 1400 g/mol. The van der Waals surface area contributed by atoms with Gasteiger partial charge in [0.2, 0.25) is 0 Å². The first-order valence-electron chi connectivity index (χ1n) is 34.6.